The summed E-state index contributed by atoms with van der Waals surface area (Å²) in [4.78, 5) is 4.36. The SMILES string of the molecule is Cc1cc(-c2c(C)ccc3c2oc2ncccc23)[n+](C)cc1C. The molecule has 3 heterocycles. The second-order valence-electron chi connectivity index (χ2n) is 6.23. The molecule has 4 aromatic rings. The Labute approximate surface area is 135 Å². The number of nitrogens with zero attached hydrogens (tertiary/aromatic N) is 2. The van der Waals surface area contributed by atoms with Gasteiger partial charge in [0.05, 0.1) is 5.56 Å². The summed E-state index contributed by atoms with van der Waals surface area (Å²) in [5.74, 6) is 0. The molecule has 3 heteroatoms. The summed E-state index contributed by atoms with van der Waals surface area (Å²) >= 11 is 0. The number of rotatable bonds is 1. The topological polar surface area (TPSA) is 29.9 Å². The summed E-state index contributed by atoms with van der Waals surface area (Å²) < 4.78 is 8.29. The second-order valence-corrected chi connectivity index (χ2v) is 6.23. The van der Waals surface area contributed by atoms with Crippen molar-refractivity contribution in [2.24, 2.45) is 7.05 Å². The molecule has 23 heavy (non-hydrogen) atoms. The molecule has 3 nitrogen and oxygen atoms in total. The Morgan fingerprint density at radius 3 is 2.61 bits per heavy atom. The monoisotopic (exact) mass is 303 g/mol. The van der Waals surface area contributed by atoms with Gasteiger partial charge in [-0.05, 0) is 44.0 Å². The molecule has 0 N–H and O–H groups in total. The third-order valence-corrected chi connectivity index (χ3v) is 4.62. The molecule has 4 rings (SSSR count). The van der Waals surface area contributed by atoms with Crippen molar-refractivity contribution < 1.29 is 8.98 Å². The molecule has 0 radical (unpaired) electrons. The lowest BCUT2D eigenvalue weighted by Crippen LogP contribution is -2.31. The Morgan fingerprint density at radius 1 is 0.957 bits per heavy atom. The highest BCUT2D eigenvalue weighted by Crippen LogP contribution is 2.36. The van der Waals surface area contributed by atoms with Crippen LogP contribution in [0.1, 0.15) is 16.7 Å². The summed E-state index contributed by atoms with van der Waals surface area (Å²) in [6.45, 7) is 6.41. The van der Waals surface area contributed by atoms with Gasteiger partial charge in [-0.2, -0.15) is 0 Å². The normalized spacial score (nSPS) is 11.5. The van der Waals surface area contributed by atoms with Crippen LogP contribution in [0.15, 0.2) is 47.1 Å². The van der Waals surface area contributed by atoms with E-state index in [4.69, 9.17) is 4.42 Å². The van der Waals surface area contributed by atoms with E-state index < -0.39 is 0 Å². The zero-order chi connectivity index (χ0) is 16.1. The van der Waals surface area contributed by atoms with Gasteiger partial charge in [-0.3, -0.25) is 0 Å². The minimum Gasteiger partial charge on any atom is -0.437 e. The van der Waals surface area contributed by atoms with E-state index in [-0.39, 0.29) is 0 Å². The van der Waals surface area contributed by atoms with E-state index in [1.807, 2.05) is 6.07 Å². The van der Waals surface area contributed by atoms with Crippen LogP contribution in [-0.4, -0.2) is 4.98 Å². The number of hydrogen-bond donors (Lipinski definition) is 0. The van der Waals surface area contributed by atoms with Crippen molar-refractivity contribution in [2.75, 3.05) is 0 Å². The Kier molecular flexibility index (Phi) is 2.98. The first-order valence-electron chi connectivity index (χ1n) is 7.80. The molecule has 3 aromatic heterocycles. The van der Waals surface area contributed by atoms with E-state index >= 15 is 0 Å². The number of hydrogen-bond acceptors (Lipinski definition) is 2. The minimum atomic E-state index is 0.695. The van der Waals surface area contributed by atoms with E-state index in [2.05, 4.69) is 67.8 Å². The molecule has 0 unspecified atom stereocenters. The summed E-state index contributed by atoms with van der Waals surface area (Å²) in [6, 6.07) is 10.5. The van der Waals surface area contributed by atoms with E-state index in [0.29, 0.717) is 5.71 Å². The third-order valence-electron chi connectivity index (χ3n) is 4.62. The smallest absolute Gasteiger partial charge is 0.227 e. The highest BCUT2D eigenvalue weighted by Gasteiger charge is 2.21. The third kappa shape index (κ3) is 2.04. The van der Waals surface area contributed by atoms with Crippen LogP contribution in [0, 0.1) is 20.8 Å². The van der Waals surface area contributed by atoms with Gasteiger partial charge in [0.2, 0.25) is 11.4 Å². The number of fused-ring (bicyclic) bond motifs is 3. The second kappa shape index (κ2) is 4.92. The molecule has 0 fully saturated rings. The van der Waals surface area contributed by atoms with Crippen molar-refractivity contribution in [3.05, 3.63) is 59.4 Å². The molecule has 0 bridgehead atoms. The standard InChI is InChI=1S/C20H19N2O/c1-12-7-8-15-16-6-5-9-21-20(16)23-19(15)18(12)17-10-13(2)14(3)11-22(17)4/h5-11H,1-4H3/q+1. The van der Waals surface area contributed by atoms with Crippen LogP contribution < -0.4 is 4.57 Å². The molecule has 0 aliphatic carbocycles. The number of benzene rings is 1. The van der Waals surface area contributed by atoms with E-state index in [9.17, 15) is 0 Å². The highest BCUT2D eigenvalue weighted by molar-refractivity contribution is 6.08. The summed E-state index contributed by atoms with van der Waals surface area (Å²) in [5.41, 5.74) is 7.69. The van der Waals surface area contributed by atoms with Gasteiger partial charge in [-0.25, -0.2) is 9.55 Å². The predicted molar refractivity (Wildman–Crippen MR) is 92.3 cm³/mol. The van der Waals surface area contributed by atoms with Crippen LogP contribution in [0.5, 0.6) is 0 Å². The fourth-order valence-corrected chi connectivity index (χ4v) is 3.22. The molecule has 1 aromatic carbocycles. The number of aryl methyl sites for hydroxylation is 4. The van der Waals surface area contributed by atoms with Gasteiger partial charge in [0.15, 0.2) is 11.8 Å². The van der Waals surface area contributed by atoms with E-state index in [0.717, 1.165) is 27.6 Å². The van der Waals surface area contributed by atoms with Gasteiger partial charge < -0.3 is 4.42 Å². The first-order chi connectivity index (χ1) is 11.1. The van der Waals surface area contributed by atoms with Gasteiger partial charge >= 0.3 is 0 Å². The molecule has 114 valence electrons. The van der Waals surface area contributed by atoms with Crippen LogP contribution in [0.4, 0.5) is 0 Å². The maximum absolute atomic E-state index is 6.12. The molecule has 0 saturated heterocycles. The van der Waals surface area contributed by atoms with Crippen molar-refractivity contribution in [2.45, 2.75) is 20.8 Å². The maximum Gasteiger partial charge on any atom is 0.227 e. The molecular formula is C20H19N2O+. The largest absolute Gasteiger partial charge is 0.437 e. The molecule has 0 spiro atoms. The Bertz CT molecular complexity index is 1060. The van der Waals surface area contributed by atoms with Crippen LogP contribution in [0.25, 0.3) is 33.3 Å². The van der Waals surface area contributed by atoms with Gasteiger partial charge in [-0.1, -0.05) is 12.1 Å². The summed E-state index contributed by atoms with van der Waals surface area (Å²) in [5, 5.41) is 2.18. The number of aromatic nitrogens is 2. The first kappa shape index (κ1) is 13.9. The lowest BCUT2D eigenvalue weighted by Gasteiger charge is -2.07. The maximum atomic E-state index is 6.12. The number of pyridine rings is 2. The van der Waals surface area contributed by atoms with Crippen molar-refractivity contribution in [3.8, 4) is 11.3 Å². The molecule has 0 saturated carbocycles. The Balaban J connectivity index is 2.15. The van der Waals surface area contributed by atoms with Crippen molar-refractivity contribution in [3.63, 3.8) is 0 Å². The summed E-state index contributed by atoms with van der Waals surface area (Å²) in [6.07, 6.45) is 3.94. The highest BCUT2D eigenvalue weighted by atomic mass is 16.3. The fraction of sp³-hybridized carbons (Fsp3) is 0.200. The lowest BCUT2D eigenvalue weighted by atomic mass is 9.99. The molecule has 0 aliphatic heterocycles. The van der Waals surface area contributed by atoms with E-state index in [1.165, 1.54) is 16.7 Å². The predicted octanol–water partition coefficient (Wildman–Crippen LogP) is 4.40. The average Bonchev–Trinajstić information content (AvgIpc) is 2.90. The quantitative estimate of drug-likeness (QED) is 0.488. The Morgan fingerprint density at radius 2 is 1.78 bits per heavy atom. The number of furan rings is 1. The van der Waals surface area contributed by atoms with Crippen LogP contribution >= 0.6 is 0 Å². The summed E-state index contributed by atoms with van der Waals surface area (Å²) in [7, 11) is 2.08. The lowest BCUT2D eigenvalue weighted by molar-refractivity contribution is -0.660. The minimum absolute atomic E-state index is 0.695. The van der Waals surface area contributed by atoms with E-state index in [1.54, 1.807) is 6.20 Å². The van der Waals surface area contributed by atoms with Crippen LogP contribution in [0.2, 0.25) is 0 Å². The van der Waals surface area contributed by atoms with Gasteiger partial charge in [0, 0.05) is 28.6 Å². The fourth-order valence-electron chi connectivity index (χ4n) is 3.22. The Hall–Kier alpha value is -2.68. The van der Waals surface area contributed by atoms with Gasteiger partial charge in [-0.15, -0.1) is 0 Å². The van der Waals surface area contributed by atoms with Crippen molar-refractivity contribution in [1.29, 1.82) is 0 Å². The molecule has 0 atom stereocenters. The average molecular weight is 303 g/mol. The van der Waals surface area contributed by atoms with Gasteiger partial charge in [0.25, 0.3) is 0 Å². The molecular weight excluding hydrogens is 284 g/mol. The van der Waals surface area contributed by atoms with Crippen molar-refractivity contribution in [1.82, 2.24) is 4.98 Å². The van der Waals surface area contributed by atoms with Gasteiger partial charge in [0.1, 0.15) is 7.05 Å². The van der Waals surface area contributed by atoms with Crippen LogP contribution in [-0.2, 0) is 7.05 Å². The molecule has 0 aliphatic rings. The first-order valence-corrected chi connectivity index (χ1v) is 7.80. The van der Waals surface area contributed by atoms with Crippen LogP contribution in [0.3, 0.4) is 0 Å². The molecule has 0 amide bonds. The van der Waals surface area contributed by atoms with Crippen molar-refractivity contribution >= 4 is 22.1 Å². The zero-order valence-electron chi connectivity index (χ0n) is 13.8. The zero-order valence-corrected chi connectivity index (χ0v) is 13.8.